The van der Waals surface area contributed by atoms with Gasteiger partial charge >= 0.3 is 12.1 Å². The van der Waals surface area contributed by atoms with E-state index in [0.29, 0.717) is 0 Å². The van der Waals surface area contributed by atoms with E-state index in [0.717, 1.165) is 36.4 Å². The van der Waals surface area contributed by atoms with Gasteiger partial charge in [0.25, 0.3) is 0 Å². The van der Waals surface area contributed by atoms with E-state index >= 15 is 0 Å². The van der Waals surface area contributed by atoms with Crippen molar-refractivity contribution < 1.29 is 46.1 Å². The van der Waals surface area contributed by atoms with Gasteiger partial charge in [0.1, 0.15) is 17.5 Å². The number of anilines is 1. The minimum Gasteiger partial charge on any atom is -0.465 e. The third kappa shape index (κ3) is 7.76. The minimum absolute atomic E-state index is 0.0453. The first-order chi connectivity index (χ1) is 19.4. The van der Waals surface area contributed by atoms with Crippen molar-refractivity contribution in [3.05, 3.63) is 70.4 Å². The lowest BCUT2D eigenvalue weighted by molar-refractivity contribution is -0.139. The highest BCUT2D eigenvalue weighted by Crippen LogP contribution is 2.39. The number of allylic oxidation sites excluding steroid dienone is 3. The number of ether oxygens (including phenoxy) is 4. The van der Waals surface area contributed by atoms with E-state index in [1.807, 2.05) is 0 Å². The Morgan fingerprint density at radius 3 is 2.37 bits per heavy atom. The molecule has 0 saturated heterocycles. The first-order valence-corrected chi connectivity index (χ1v) is 12.9. The predicted molar refractivity (Wildman–Crippen MR) is 143 cm³/mol. The van der Waals surface area contributed by atoms with Crippen molar-refractivity contribution in [1.29, 1.82) is 0 Å². The lowest BCUT2D eigenvalue weighted by atomic mass is 9.95. The van der Waals surface area contributed by atoms with Crippen LogP contribution in [0.5, 0.6) is 11.6 Å². The second-order valence-corrected chi connectivity index (χ2v) is 9.46. The Balaban J connectivity index is 2.13. The summed E-state index contributed by atoms with van der Waals surface area (Å²) in [7, 11) is 3.84. The van der Waals surface area contributed by atoms with Gasteiger partial charge in [-0.1, -0.05) is 17.7 Å². The van der Waals surface area contributed by atoms with Crippen LogP contribution >= 0.6 is 23.2 Å². The Morgan fingerprint density at radius 2 is 1.80 bits per heavy atom. The average Bonchev–Trinajstić information content (AvgIpc) is 2.93. The monoisotopic (exact) mass is 620 g/mol. The molecule has 0 spiro atoms. The number of carbonyl (C=O) groups is 2. The molecule has 222 valence electrons. The van der Waals surface area contributed by atoms with E-state index < -0.39 is 47.6 Å². The summed E-state index contributed by atoms with van der Waals surface area (Å²) in [4.78, 5) is 31.5. The topological polar surface area (TPSA) is 87.2 Å². The second-order valence-electron chi connectivity index (χ2n) is 8.75. The minimum atomic E-state index is -4.82. The normalized spacial score (nSPS) is 16.9. The van der Waals surface area contributed by atoms with Crippen LogP contribution in [0.15, 0.2) is 53.7 Å². The number of pyridine rings is 1. The van der Waals surface area contributed by atoms with Crippen LogP contribution in [-0.4, -0.2) is 63.6 Å². The zero-order valence-corrected chi connectivity index (χ0v) is 23.6. The number of carbonyl (C=O) groups excluding carboxylic acids is 2. The highest BCUT2D eigenvalue weighted by atomic mass is 35.5. The molecule has 0 saturated carbocycles. The number of alkyl halides is 5. The Kier molecular flexibility index (Phi) is 11.1. The van der Waals surface area contributed by atoms with Crippen molar-refractivity contribution in [2.75, 3.05) is 39.4 Å². The maximum atomic E-state index is 14.9. The van der Waals surface area contributed by atoms with Crippen LogP contribution in [0.25, 0.3) is 0 Å². The number of benzene rings is 1. The molecular weight excluding hydrogens is 595 g/mol. The third-order valence-corrected chi connectivity index (χ3v) is 6.51. The molecule has 14 heteroatoms. The van der Waals surface area contributed by atoms with Crippen LogP contribution in [0, 0.1) is 5.92 Å². The first kappa shape index (κ1) is 32.3. The lowest BCUT2D eigenvalue weighted by Gasteiger charge is -2.35. The maximum Gasteiger partial charge on any atom is 0.421 e. The van der Waals surface area contributed by atoms with Crippen LogP contribution in [-0.2, 0) is 31.1 Å². The van der Waals surface area contributed by atoms with Crippen molar-refractivity contribution in [2.24, 2.45) is 5.92 Å². The summed E-state index contributed by atoms with van der Waals surface area (Å²) in [5, 5.41) is 0.112. The fourth-order valence-electron chi connectivity index (χ4n) is 4.10. The van der Waals surface area contributed by atoms with Gasteiger partial charge < -0.3 is 23.8 Å². The summed E-state index contributed by atoms with van der Waals surface area (Å²) in [5.41, 5.74) is -1.37. The number of esters is 1. The maximum absolute atomic E-state index is 14.9. The summed E-state index contributed by atoms with van der Waals surface area (Å²) in [6.07, 6.45) is -1.73. The molecule has 1 amide bonds. The number of methoxy groups -OCH3 is 3. The molecule has 2 aromatic rings. The molecule has 3 rings (SSSR count). The molecule has 1 heterocycles. The summed E-state index contributed by atoms with van der Waals surface area (Å²) < 4.78 is 76.9. The lowest BCUT2D eigenvalue weighted by Crippen LogP contribution is -2.50. The Labute approximate surface area is 243 Å². The van der Waals surface area contributed by atoms with Crippen molar-refractivity contribution in [2.45, 2.75) is 24.3 Å². The molecule has 8 nitrogen and oxygen atoms in total. The predicted octanol–water partition coefficient (Wildman–Crippen LogP) is 6.06. The molecular formula is C27H26Cl2F4N2O6. The average molecular weight is 621 g/mol. The number of hydrogen-bond donors (Lipinski definition) is 0. The fourth-order valence-corrected chi connectivity index (χ4v) is 4.44. The molecule has 0 aliphatic heterocycles. The highest BCUT2D eigenvalue weighted by molar-refractivity contribution is 6.31. The van der Waals surface area contributed by atoms with Gasteiger partial charge in [0.2, 0.25) is 11.8 Å². The third-order valence-electron chi connectivity index (χ3n) is 5.94. The fraction of sp³-hybridized carbons (Fsp3) is 0.370. The standard InChI is InChI=1S/C27H26Cl2F4N2O6/c1-38-13-17(14-39-2)35(25(36)19-6-4-16(29)9-22(19)30)23-7-5-18(10-20(23)26(37)40-3)41-24-21(27(31,32)33)8-15(11-28)12-34-24/h4-10,12,17,19,22H,11,13-14H2,1-3H3. The molecule has 1 aliphatic carbocycles. The molecule has 41 heavy (non-hydrogen) atoms. The smallest absolute Gasteiger partial charge is 0.421 e. The van der Waals surface area contributed by atoms with Gasteiger partial charge in [-0.15, -0.1) is 11.6 Å². The molecule has 2 unspecified atom stereocenters. The number of aromatic nitrogens is 1. The van der Waals surface area contributed by atoms with Crippen LogP contribution < -0.4 is 9.64 Å². The van der Waals surface area contributed by atoms with E-state index in [-0.39, 0.29) is 46.7 Å². The molecule has 0 radical (unpaired) electrons. The Bertz CT molecular complexity index is 1320. The number of halogens is 6. The van der Waals surface area contributed by atoms with Crippen molar-refractivity contribution in [3.8, 4) is 11.6 Å². The van der Waals surface area contributed by atoms with Gasteiger partial charge in [0, 0.05) is 31.3 Å². The Hall–Kier alpha value is -3.19. The second kappa shape index (κ2) is 14.1. The van der Waals surface area contributed by atoms with Gasteiger partial charge in [-0.05, 0) is 42.0 Å². The van der Waals surface area contributed by atoms with E-state index in [2.05, 4.69) is 4.98 Å². The molecule has 0 fully saturated rings. The molecule has 1 aromatic heterocycles. The summed E-state index contributed by atoms with van der Waals surface area (Å²) in [6.45, 7) is -0.150. The zero-order chi connectivity index (χ0) is 30.3. The van der Waals surface area contributed by atoms with Crippen molar-refractivity contribution in [1.82, 2.24) is 4.98 Å². The number of amides is 1. The van der Waals surface area contributed by atoms with Crippen LogP contribution in [0.3, 0.4) is 0 Å². The summed E-state index contributed by atoms with van der Waals surface area (Å²) in [5.74, 6) is -4.22. The molecule has 1 aliphatic rings. The van der Waals surface area contributed by atoms with Gasteiger partial charge in [-0.3, -0.25) is 4.79 Å². The van der Waals surface area contributed by atoms with Crippen LogP contribution in [0.4, 0.5) is 23.2 Å². The summed E-state index contributed by atoms with van der Waals surface area (Å²) in [6, 6.07) is 3.54. The summed E-state index contributed by atoms with van der Waals surface area (Å²) >= 11 is 11.5. The molecule has 0 N–H and O–H groups in total. The number of nitrogens with zero attached hydrogens (tertiary/aromatic N) is 2. The van der Waals surface area contributed by atoms with Gasteiger partial charge in [-0.2, -0.15) is 13.2 Å². The molecule has 0 bridgehead atoms. The van der Waals surface area contributed by atoms with E-state index in [1.54, 1.807) is 0 Å². The van der Waals surface area contributed by atoms with Crippen molar-refractivity contribution >= 4 is 40.8 Å². The van der Waals surface area contributed by atoms with Crippen LogP contribution in [0.1, 0.15) is 21.5 Å². The largest absolute Gasteiger partial charge is 0.465 e. The van der Waals surface area contributed by atoms with E-state index in [9.17, 15) is 27.2 Å². The number of hydrogen-bond acceptors (Lipinski definition) is 7. The van der Waals surface area contributed by atoms with Crippen LogP contribution in [0.2, 0.25) is 0 Å². The highest BCUT2D eigenvalue weighted by Gasteiger charge is 2.38. The Morgan fingerprint density at radius 1 is 1.12 bits per heavy atom. The van der Waals surface area contributed by atoms with E-state index in [1.165, 1.54) is 38.5 Å². The van der Waals surface area contributed by atoms with Gasteiger partial charge in [0.15, 0.2) is 0 Å². The SMILES string of the molecule is COCC(COC)N(C(=O)C1C=CC(Cl)=CC1F)c1ccc(Oc2ncc(CCl)cc2C(F)(F)F)cc1C(=O)OC. The van der Waals surface area contributed by atoms with E-state index in [4.69, 9.17) is 42.1 Å². The first-order valence-electron chi connectivity index (χ1n) is 12.0. The molecule has 1 aromatic carbocycles. The van der Waals surface area contributed by atoms with Gasteiger partial charge in [0.05, 0.1) is 43.5 Å². The number of rotatable bonds is 11. The zero-order valence-electron chi connectivity index (χ0n) is 22.1. The van der Waals surface area contributed by atoms with Gasteiger partial charge in [-0.25, -0.2) is 14.2 Å². The van der Waals surface area contributed by atoms with Crippen molar-refractivity contribution in [3.63, 3.8) is 0 Å². The molecule has 2 atom stereocenters. The quantitative estimate of drug-likeness (QED) is 0.171.